The van der Waals surface area contributed by atoms with E-state index in [0.717, 1.165) is 45.0 Å². The van der Waals surface area contributed by atoms with Gasteiger partial charge in [0, 0.05) is 24.4 Å². The van der Waals surface area contributed by atoms with Crippen molar-refractivity contribution < 1.29 is 9.15 Å². The molecule has 0 saturated heterocycles. The van der Waals surface area contributed by atoms with Crippen LogP contribution in [-0.4, -0.2) is 18.3 Å². The van der Waals surface area contributed by atoms with Gasteiger partial charge in [0.1, 0.15) is 5.58 Å². The molecule has 4 nitrogen and oxygen atoms in total. The quantitative estimate of drug-likeness (QED) is 0.463. The van der Waals surface area contributed by atoms with Crippen molar-refractivity contribution in [2.24, 2.45) is 4.99 Å². The Morgan fingerprint density at radius 1 is 1.11 bits per heavy atom. The second kappa shape index (κ2) is 7.55. The first-order valence-corrected chi connectivity index (χ1v) is 9.82. The Hall–Kier alpha value is -2.63. The zero-order valence-electron chi connectivity index (χ0n) is 15.7. The van der Waals surface area contributed by atoms with Crippen molar-refractivity contribution in [2.45, 2.75) is 20.4 Å². The summed E-state index contributed by atoms with van der Waals surface area (Å²) in [5, 5.41) is 3.21. The lowest BCUT2D eigenvalue weighted by molar-refractivity contribution is 0.187. The zero-order valence-corrected chi connectivity index (χ0v) is 16.5. The summed E-state index contributed by atoms with van der Waals surface area (Å²) >= 11 is 1.62. The number of fused-ring (bicyclic) bond motifs is 1. The van der Waals surface area contributed by atoms with Crippen LogP contribution in [0.4, 0.5) is 5.69 Å². The van der Waals surface area contributed by atoms with Crippen molar-refractivity contribution >= 4 is 28.0 Å². The van der Waals surface area contributed by atoms with E-state index in [1.807, 2.05) is 18.2 Å². The van der Waals surface area contributed by atoms with E-state index in [2.05, 4.69) is 54.1 Å². The number of para-hydroxylation sites is 1. The maximum Gasteiger partial charge on any atom is 0.190 e. The van der Waals surface area contributed by atoms with Gasteiger partial charge in [0.05, 0.1) is 18.0 Å². The average Bonchev–Trinajstić information content (AvgIpc) is 3.26. The second-order valence-electron chi connectivity index (χ2n) is 6.60. The van der Waals surface area contributed by atoms with Gasteiger partial charge in [-0.2, -0.15) is 0 Å². The number of hydrogen-bond acceptors (Lipinski definition) is 4. The van der Waals surface area contributed by atoms with Gasteiger partial charge in [-0.3, -0.25) is 0 Å². The molecule has 138 valence electrons. The van der Waals surface area contributed by atoms with E-state index in [9.17, 15) is 0 Å². The lowest BCUT2D eigenvalue weighted by Crippen LogP contribution is -2.18. The minimum absolute atomic E-state index is 0.615. The fourth-order valence-electron chi connectivity index (χ4n) is 3.07. The van der Waals surface area contributed by atoms with Crippen LogP contribution in [0.1, 0.15) is 11.1 Å². The molecule has 4 rings (SSSR count). The topological polar surface area (TPSA) is 39.7 Å². The molecule has 4 aromatic rings. The van der Waals surface area contributed by atoms with Crippen LogP contribution in [0.25, 0.3) is 22.4 Å². The maximum atomic E-state index is 6.08. The third kappa shape index (κ3) is 3.61. The van der Waals surface area contributed by atoms with E-state index in [0.29, 0.717) is 6.61 Å². The van der Waals surface area contributed by atoms with Gasteiger partial charge in [-0.1, -0.05) is 30.3 Å². The summed E-state index contributed by atoms with van der Waals surface area (Å²) in [6.45, 7) is 5.51. The van der Waals surface area contributed by atoms with E-state index in [1.165, 1.54) is 5.56 Å². The molecule has 2 aromatic heterocycles. The van der Waals surface area contributed by atoms with Gasteiger partial charge >= 0.3 is 0 Å². The summed E-state index contributed by atoms with van der Waals surface area (Å²) < 4.78 is 13.6. The van der Waals surface area contributed by atoms with Crippen LogP contribution < -0.4 is 4.80 Å². The molecule has 0 aliphatic heterocycles. The Morgan fingerprint density at radius 2 is 1.96 bits per heavy atom. The number of rotatable bonds is 5. The van der Waals surface area contributed by atoms with Gasteiger partial charge in [-0.15, -0.1) is 11.3 Å². The molecule has 27 heavy (non-hydrogen) atoms. The van der Waals surface area contributed by atoms with E-state index in [1.54, 1.807) is 18.4 Å². The standard InChI is InChI=1S/C22H22N2O2S/c1-15-8-9-16(2)18(12-15)23-22-24(10-11-25-3)19(14-27-22)21-13-17-6-4-5-7-20(17)26-21/h4-9,12-14H,10-11H2,1-3H3. The lowest BCUT2D eigenvalue weighted by Gasteiger charge is -2.07. The Morgan fingerprint density at radius 3 is 2.78 bits per heavy atom. The summed E-state index contributed by atoms with van der Waals surface area (Å²) in [5.41, 5.74) is 5.29. The Bertz CT molecular complexity index is 1120. The van der Waals surface area contributed by atoms with Crippen molar-refractivity contribution in [3.8, 4) is 11.5 Å². The predicted octanol–water partition coefficient (Wildman–Crippen LogP) is 5.46. The van der Waals surface area contributed by atoms with Crippen molar-refractivity contribution in [2.75, 3.05) is 13.7 Å². The van der Waals surface area contributed by atoms with Crippen LogP contribution in [0.2, 0.25) is 0 Å². The average molecular weight is 378 g/mol. The summed E-state index contributed by atoms with van der Waals surface area (Å²) in [6, 6.07) is 16.5. The monoisotopic (exact) mass is 378 g/mol. The van der Waals surface area contributed by atoms with E-state index in [-0.39, 0.29) is 0 Å². The number of aromatic nitrogens is 1. The normalized spacial score (nSPS) is 12.2. The summed E-state index contributed by atoms with van der Waals surface area (Å²) in [7, 11) is 1.72. The Balaban J connectivity index is 1.86. The lowest BCUT2D eigenvalue weighted by atomic mass is 10.1. The highest BCUT2D eigenvalue weighted by Gasteiger charge is 2.13. The van der Waals surface area contributed by atoms with Crippen LogP contribution in [-0.2, 0) is 11.3 Å². The molecule has 0 radical (unpaired) electrons. The first-order chi connectivity index (χ1) is 13.2. The Kier molecular flexibility index (Phi) is 4.97. The molecule has 0 spiro atoms. The van der Waals surface area contributed by atoms with Crippen LogP contribution in [0.3, 0.4) is 0 Å². The number of hydrogen-bond donors (Lipinski definition) is 0. The highest BCUT2D eigenvalue weighted by atomic mass is 32.1. The summed E-state index contributed by atoms with van der Waals surface area (Å²) in [5.74, 6) is 0.853. The van der Waals surface area contributed by atoms with E-state index in [4.69, 9.17) is 14.1 Å². The molecule has 0 amide bonds. The first-order valence-electron chi connectivity index (χ1n) is 8.94. The number of furan rings is 1. The number of thiazole rings is 1. The van der Waals surface area contributed by atoms with Gasteiger partial charge in [-0.25, -0.2) is 4.99 Å². The molecular formula is C22H22N2O2S. The minimum atomic E-state index is 0.615. The molecular weight excluding hydrogens is 356 g/mol. The second-order valence-corrected chi connectivity index (χ2v) is 7.43. The number of methoxy groups -OCH3 is 1. The molecule has 0 aliphatic rings. The van der Waals surface area contributed by atoms with Crippen LogP contribution in [0.15, 0.2) is 63.3 Å². The van der Waals surface area contributed by atoms with Crippen LogP contribution in [0, 0.1) is 13.8 Å². The third-order valence-corrected chi connectivity index (χ3v) is 5.44. The highest BCUT2D eigenvalue weighted by Crippen LogP contribution is 2.28. The number of ether oxygens (including phenoxy) is 1. The van der Waals surface area contributed by atoms with Crippen molar-refractivity contribution in [3.05, 3.63) is 69.8 Å². The third-order valence-electron chi connectivity index (χ3n) is 4.58. The molecule has 0 bridgehead atoms. The number of nitrogens with zero attached hydrogens (tertiary/aromatic N) is 2. The zero-order chi connectivity index (χ0) is 18.8. The molecule has 0 saturated carbocycles. The highest BCUT2D eigenvalue weighted by molar-refractivity contribution is 7.07. The van der Waals surface area contributed by atoms with Gasteiger partial charge in [0.2, 0.25) is 0 Å². The minimum Gasteiger partial charge on any atom is -0.454 e. The molecule has 0 fully saturated rings. The predicted molar refractivity (Wildman–Crippen MR) is 111 cm³/mol. The molecule has 2 heterocycles. The number of aryl methyl sites for hydroxylation is 2. The summed E-state index contributed by atoms with van der Waals surface area (Å²) in [6.07, 6.45) is 0. The van der Waals surface area contributed by atoms with Gasteiger partial charge < -0.3 is 13.7 Å². The molecule has 0 N–H and O–H groups in total. The molecule has 0 atom stereocenters. The van der Waals surface area contributed by atoms with Crippen molar-refractivity contribution in [3.63, 3.8) is 0 Å². The largest absolute Gasteiger partial charge is 0.454 e. The SMILES string of the molecule is COCCn1c(-c2cc3ccccc3o2)csc1=Nc1cc(C)ccc1C. The fourth-order valence-corrected chi connectivity index (χ4v) is 3.99. The van der Waals surface area contributed by atoms with Crippen molar-refractivity contribution in [1.29, 1.82) is 0 Å². The van der Waals surface area contributed by atoms with E-state index >= 15 is 0 Å². The van der Waals surface area contributed by atoms with Gasteiger partial charge in [0.25, 0.3) is 0 Å². The van der Waals surface area contributed by atoms with Crippen molar-refractivity contribution in [1.82, 2.24) is 4.57 Å². The first kappa shape index (κ1) is 17.8. The van der Waals surface area contributed by atoms with Crippen LogP contribution >= 0.6 is 11.3 Å². The number of benzene rings is 2. The molecule has 2 aromatic carbocycles. The fraction of sp³-hybridized carbons (Fsp3) is 0.227. The van der Waals surface area contributed by atoms with Crippen LogP contribution in [0.5, 0.6) is 0 Å². The molecule has 0 unspecified atom stereocenters. The van der Waals surface area contributed by atoms with Gasteiger partial charge in [-0.05, 0) is 43.2 Å². The smallest absolute Gasteiger partial charge is 0.190 e. The summed E-state index contributed by atoms with van der Waals surface area (Å²) in [4.78, 5) is 5.88. The maximum absolute atomic E-state index is 6.08. The van der Waals surface area contributed by atoms with Gasteiger partial charge in [0.15, 0.2) is 10.6 Å². The Labute approximate surface area is 162 Å². The molecule has 0 aliphatic carbocycles. The molecule has 5 heteroatoms. The van der Waals surface area contributed by atoms with E-state index < -0.39 is 0 Å².